The number of rotatable bonds is 6. The Morgan fingerprint density at radius 3 is 2.58 bits per heavy atom. The van der Waals surface area contributed by atoms with Gasteiger partial charge in [0.05, 0.1) is 25.7 Å². The largest absolute Gasteiger partial charge is 0.479 e. The van der Waals surface area contributed by atoms with Crippen molar-refractivity contribution in [1.82, 2.24) is 34.2 Å². The van der Waals surface area contributed by atoms with Crippen molar-refractivity contribution >= 4 is 5.69 Å². The topological polar surface area (TPSA) is 77.1 Å². The van der Waals surface area contributed by atoms with Gasteiger partial charge in [0.2, 0.25) is 5.88 Å². The maximum atomic E-state index is 12.8. The summed E-state index contributed by atoms with van der Waals surface area (Å²) in [4.78, 5) is 17.6. The van der Waals surface area contributed by atoms with Gasteiger partial charge in [-0.3, -0.25) is 4.90 Å². The van der Waals surface area contributed by atoms with Crippen LogP contribution in [0.4, 0.5) is 18.9 Å². The van der Waals surface area contributed by atoms with Crippen LogP contribution in [0.1, 0.15) is 35.8 Å². The highest BCUT2D eigenvalue weighted by molar-refractivity contribution is 5.56. The predicted molar refractivity (Wildman–Crippen MR) is 144 cm³/mol. The van der Waals surface area contributed by atoms with Crippen molar-refractivity contribution in [1.29, 1.82) is 0 Å². The summed E-state index contributed by atoms with van der Waals surface area (Å²) in [6, 6.07) is 12.1. The molecule has 0 N–H and O–H groups in total. The zero-order chi connectivity index (χ0) is 27.9. The van der Waals surface area contributed by atoms with E-state index in [0.717, 1.165) is 47.8 Å². The van der Waals surface area contributed by atoms with E-state index in [1.807, 2.05) is 46.6 Å². The number of ether oxygens (including phenoxy) is 1. The minimum absolute atomic E-state index is 0.0663. The molecule has 12 heteroatoms. The molecule has 4 aromatic rings. The van der Waals surface area contributed by atoms with Crippen molar-refractivity contribution in [2.24, 2.45) is 0 Å². The molecule has 1 aromatic carbocycles. The average molecular weight is 553 g/mol. The molecule has 1 fully saturated rings. The summed E-state index contributed by atoms with van der Waals surface area (Å²) in [6.07, 6.45) is 1.38. The lowest BCUT2D eigenvalue weighted by Crippen LogP contribution is -2.49. The maximum absolute atomic E-state index is 12.8. The van der Waals surface area contributed by atoms with Gasteiger partial charge in [-0.1, -0.05) is 12.1 Å². The fourth-order valence-corrected chi connectivity index (χ4v) is 5.59. The molecule has 9 nitrogen and oxygen atoms in total. The number of pyridine rings is 1. The number of piperazine rings is 1. The zero-order valence-electron chi connectivity index (χ0n) is 22.5. The van der Waals surface area contributed by atoms with E-state index in [1.165, 1.54) is 4.90 Å². The zero-order valence-corrected chi connectivity index (χ0v) is 22.5. The van der Waals surface area contributed by atoms with Gasteiger partial charge in [0, 0.05) is 50.5 Å². The van der Waals surface area contributed by atoms with Crippen LogP contribution in [0.2, 0.25) is 0 Å². The van der Waals surface area contributed by atoms with Crippen LogP contribution in [0.15, 0.2) is 48.9 Å². The molecule has 40 heavy (non-hydrogen) atoms. The van der Waals surface area contributed by atoms with Gasteiger partial charge < -0.3 is 14.2 Å². The summed E-state index contributed by atoms with van der Waals surface area (Å²) < 4.78 is 47.8. The summed E-state index contributed by atoms with van der Waals surface area (Å²) in [6.45, 7) is 3.76. The van der Waals surface area contributed by atoms with Crippen molar-refractivity contribution in [3.05, 3.63) is 66.0 Å². The smallest absolute Gasteiger partial charge is 0.401 e. The Morgan fingerprint density at radius 1 is 1.02 bits per heavy atom. The lowest BCUT2D eigenvalue weighted by Gasteiger charge is -2.36. The standard InChI is InChI=1S/C28H31F3N8O/c1-19-16-38(18-32-19)24-9-8-23(33-27(24)40-2)25-34-26-22(7-4-10-39(26)35-25)20-5-3-6-21(15-20)37-13-11-36(12-14-37)17-28(29,30)31/h3,5-6,8-9,15-16,18,22H,4,7,10-14,17H2,1-2H3/t22-/m0/s1. The fourth-order valence-electron chi connectivity index (χ4n) is 5.59. The summed E-state index contributed by atoms with van der Waals surface area (Å²) in [5.74, 6) is 1.97. The number of alkyl halides is 3. The minimum atomic E-state index is -4.17. The highest BCUT2D eigenvalue weighted by Crippen LogP contribution is 2.35. The molecule has 210 valence electrons. The molecule has 1 saturated heterocycles. The molecule has 0 radical (unpaired) electrons. The SMILES string of the molecule is COc1nc(-c2nc3n(n2)CCC[C@H]3c2cccc(N3CCN(CC(F)(F)F)CC3)c2)ccc1-n1cnc(C)c1. The van der Waals surface area contributed by atoms with Crippen LogP contribution in [0, 0.1) is 6.92 Å². The molecule has 0 saturated carbocycles. The Balaban J connectivity index is 1.23. The number of halogens is 3. The molecule has 2 aliphatic heterocycles. The van der Waals surface area contributed by atoms with Crippen LogP contribution in [0.5, 0.6) is 5.88 Å². The van der Waals surface area contributed by atoms with Crippen LogP contribution in [-0.2, 0) is 6.54 Å². The number of nitrogens with zero attached hydrogens (tertiary/aromatic N) is 8. The third-order valence-electron chi connectivity index (χ3n) is 7.54. The molecule has 1 atom stereocenters. The summed E-state index contributed by atoms with van der Waals surface area (Å²) in [5, 5.41) is 4.79. The van der Waals surface area contributed by atoms with Crippen molar-refractivity contribution in [3.63, 3.8) is 0 Å². The minimum Gasteiger partial charge on any atom is -0.479 e. The van der Waals surface area contributed by atoms with E-state index in [2.05, 4.69) is 22.0 Å². The number of hydrogen-bond donors (Lipinski definition) is 0. The molecule has 0 spiro atoms. The van der Waals surface area contributed by atoms with Gasteiger partial charge >= 0.3 is 6.18 Å². The van der Waals surface area contributed by atoms with Crippen LogP contribution in [0.25, 0.3) is 17.2 Å². The lowest BCUT2D eigenvalue weighted by atomic mass is 9.91. The number of benzene rings is 1. The van der Waals surface area contributed by atoms with Gasteiger partial charge in [0.1, 0.15) is 17.2 Å². The van der Waals surface area contributed by atoms with Crippen LogP contribution < -0.4 is 9.64 Å². The molecule has 6 rings (SSSR count). The Labute approximate surface area is 230 Å². The normalized spacial score (nSPS) is 18.1. The molecule has 0 unspecified atom stereocenters. The van der Waals surface area contributed by atoms with Gasteiger partial charge in [-0.15, -0.1) is 5.10 Å². The summed E-state index contributed by atoms with van der Waals surface area (Å²) in [7, 11) is 1.59. The first-order chi connectivity index (χ1) is 19.3. The molecule has 5 heterocycles. The Kier molecular flexibility index (Phi) is 6.95. The summed E-state index contributed by atoms with van der Waals surface area (Å²) >= 11 is 0. The Hall–Kier alpha value is -3.93. The first-order valence-electron chi connectivity index (χ1n) is 13.4. The van der Waals surface area contributed by atoms with E-state index in [9.17, 15) is 13.2 Å². The second-order valence-corrected chi connectivity index (χ2v) is 10.3. The van der Waals surface area contributed by atoms with E-state index in [-0.39, 0.29) is 5.92 Å². The number of aryl methyl sites for hydroxylation is 2. The second-order valence-electron chi connectivity index (χ2n) is 10.3. The molecular weight excluding hydrogens is 521 g/mol. The number of imidazole rings is 1. The quantitative estimate of drug-likeness (QED) is 0.350. The molecule has 2 aliphatic rings. The van der Waals surface area contributed by atoms with E-state index in [4.69, 9.17) is 19.8 Å². The van der Waals surface area contributed by atoms with Gasteiger partial charge in [0.25, 0.3) is 0 Å². The third-order valence-corrected chi connectivity index (χ3v) is 7.54. The van der Waals surface area contributed by atoms with Crippen molar-refractivity contribution in [3.8, 4) is 23.1 Å². The molecule has 3 aromatic heterocycles. The number of methoxy groups -OCH3 is 1. The first kappa shape index (κ1) is 26.3. The molecule has 0 bridgehead atoms. The third kappa shape index (κ3) is 5.40. The maximum Gasteiger partial charge on any atom is 0.401 e. The number of hydrogen-bond acceptors (Lipinski definition) is 7. The average Bonchev–Trinajstić information content (AvgIpc) is 3.58. The van der Waals surface area contributed by atoms with Gasteiger partial charge in [-0.2, -0.15) is 13.2 Å². The highest BCUT2D eigenvalue weighted by Gasteiger charge is 2.32. The van der Waals surface area contributed by atoms with Gasteiger partial charge in [-0.25, -0.2) is 19.6 Å². The molecule has 0 aliphatic carbocycles. The molecular formula is C28H31F3N8O. The van der Waals surface area contributed by atoms with Crippen molar-refractivity contribution in [2.45, 2.75) is 38.4 Å². The predicted octanol–water partition coefficient (Wildman–Crippen LogP) is 4.45. The number of anilines is 1. The Morgan fingerprint density at radius 2 is 1.85 bits per heavy atom. The summed E-state index contributed by atoms with van der Waals surface area (Å²) in [5.41, 5.74) is 4.46. The fraction of sp³-hybridized carbons (Fsp3) is 0.429. The van der Waals surface area contributed by atoms with Gasteiger partial charge in [-0.05, 0) is 49.6 Å². The monoisotopic (exact) mass is 552 g/mol. The van der Waals surface area contributed by atoms with Crippen LogP contribution in [-0.4, -0.2) is 80.2 Å². The number of fused-ring (bicyclic) bond motifs is 1. The van der Waals surface area contributed by atoms with Crippen LogP contribution >= 0.6 is 0 Å². The second kappa shape index (κ2) is 10.6. The van der Waals surface area contributed by atoms with Crippen molar-refractivity contribution in [2.75, 3.05) is 44.7 Å². The molecule has 0 amide bonds. The van der Waals surface area contributed by atoms with E-state index < -0.39 is 12.7 Å². The van der Waals surface area contributed by atoms with Gasteiger partial charge in [0.15, 0.2) is 5.82 Å². The highest BCUT2D eigenvalue weighted by atomic mass is 19.4. The first-order valence-corrected chi connectivity index (χ1v) is 13.4. The Bertz CT molecular complexity index is 1490. The van der Waals surface area contributed by atoms with E-state index in [1.54, 1.807) is 13.4 Å². The van der Waals surface area contributed by atoms with E-state index >= 15 is 0 Å². The lowest BCUT2D eigenvalue weighted by molar-refractivity contribution is -0.146. The number of aromatic nitrogens is 6. The van der Waals surface area contributed by atoms with E-state index in [0.29, 0.717) is 43.6 Å². The van der Waals surface area contributed by atoms with Crippen LogP contribution in [0.3, 0.4) is 0 Å². The van der Waals surface area contributed by atoms with Crippen molar-refractivity contribution < 1.29 is 17.9 Å².